The van der Waals surface area contributed by atoms with Crippen molar-refractivity contribution < 1.29 is 14.2 Å². The first-order valence-electron chi connectivity index (χ1n) is 7.33. The molecule has 0 bridgehead atoms. The highest BCUT2D eigenvalue weighted by atomic mass is 16.5. The predicted octanol–water partition coefficient (Wildman–Crippen LogP) is 2.57. The van der Waals surface area contributed by atoms with E-state index in [9.17, 15) is 0 Å². The normalized spacial score (nSPS) is 11.0. The van der Waals surface area contributed by atoms with Gasteiger partial charge >= 0.3 is 0 Å². The maximum Gasteiger partial charge on any atom is 0.122 e. The third-order valence-electron chi connectivity index (χ3n) is 2.87. The Morgan fingerprint density at radius 1 is 0.950 bits per heavy atom. The summed E-state index contributed by atoms with van der Waals surface area (Å²) in [7, 11) is 0. The van der Waals surface area contributed by atoms with Crippen LogP contribution in [-0.2, 0) is 9.47 Å². The maximum atomic E-state index is 5.82. The molecule has 20 heavy (non-hydrogen) atoms. The number of ether oxygens (including phenoxy) is 3. The molecule has 0 aliphatic heterocycles. The zero-order valence-electron chi connectivity index (χ0n) is 12.6. The van der Waals surface area contributed by atoms with E-state index in [4.69, 9.17) is 19.9 Å². The van der Waals surface area contributed by atoms with Gasteiger partial charge in [-0.2, -0.15) is 0 Å². The summed E-state index contributed by atoms with van der Waals surface area (Å²) in [5, 5.41) is 0. The standard InChI is InChI=1S/C16H27NO3/c1-14(2)15-6-3-4-7-16(15)20-10-5-9-18-12-13-19-11-8-17/h3-4,6-7,14H,5,8-13,17H2,1-2H3. The Hall–Kier alpha value is -1.10. The van der Waals surface area contributed by atoms with Gasteiger partial charge in [0.05, 0.1) is 26.4 Å². The van der Waals surface area contributed by atoms with Crippen LogP contribution in [0.5, 0.6) is 5.75 Å². The van der Waals surface area contributed by atoms with Crippen LogP contribution in [0.1, 0.15) is 31.7 Å². The maximum absolute atomic E-state index is 5.82. The molecule has 114 valence electrons. The Kier molecular flexibility index (Phi) is 9.04. The molecule has 0 aromatic heterocycles. The van der Waals surface area contributed by atoms with Gasteiger partial charge in [-0.3, -0.25) is 0 Å². The Balaban J connectivity index is 2.10. The van der Waals surface area contributed by atoms with Gasteiger partial charge in [0, 0.05) is 19.6 Å². The topological polar surface area (TPSA) is 53.7 Å². The molecule has 0 amide bonds. The van der Waals surface area contributed by atoms with E-state index < -0.39 is 0 Å². The second-order valence-corrected chi connectivity index (χ2v) is 4.91. The van der Waals surface area contributed by atoms with Crippen LogP contribution >= 0.6 is 0 Å². The number of hydrogen-bond acceptors (Lipinski definition) is 4. The number of rotatable bonds is 11. The van der Waals surface area contributed by atoms with Gasteiger partial charge in [-0.05, 0) is 17.5 Å². The molecule has 0 saturated carbocycles. The lowest BCUT2D eigenvalue weighted by Gasteiger charge is -2.13. The molecule has 1 aromatic rings. The lowest BCUT2D eigenvalue weighted by Crippen LogP contribution is -2.13. The van der Waals surface area contributed by atoms with Crippen molar-refractivity contribution in [2.24, 2.45) is 5.73 Å². The molecule has 0 fully saturated rings. The molecular formula is C16H27NO3. The molecule has 4 heteroatoms. The van der Waals surface area contributed by atoms with E-state index in [2.05, 4.69) is 19.9 Å². The van der Waals surface area contributed by atoms with E-state index >= 15 is 0 Å². The monoisotopic (exact) mass is 281 g/mol. The first-order valence-corrected chi connectivity index (χ1v) is 7.33. The van der Waals surface area contributed by atoms with Crippen LogP contribution in [0.4, 0.5) is 0 Å². The van der Waals surface area contributed by atoms with Gasteiger partial charge in [-0.15, -0.1) is 0 Å². The Labute approximate surface area is 122 Å². The second kappa shape index (κ2) is 10.7. The minimum atomic E-state index is 0.474. The second-order valence-electron chi connectivity index (χ2n) is 4.91. The van der Waals surface area contributed by atoms with E-state index in [1.165, 1.54) is 5.56 Å². The largest absolute Gasteiger partial charge is 0.493 e. The Morgan fingerprint density at radius 2 is 1.65 bits per heavy atom. The van der Waals surface area contributed by atoms with Gasteiger partial charge in [0.15, 0.2) is 0 Å². The van der Waals surface area contributed by atoms with Crippen molar-refractivity contribution in [1.82, 2.24) is 0 Å². The van der Waals surface area contributed by atoms with E-state index in [-0.39, 0.29) is 0 Å². The molecule has 2 N–H and O–H groups in total. The summed E-state index contributed by atoms with van der Waals surface area (Å²) >= 11 is 0. The molecule has 0 saturated heterocycles. The Morgan fingerprint density at radius 3 is 2.35 bits per heavy atom. The van der Waals surface area contributed by atoms with E-state index in [1.807, 2.05) is 18.2 Å². The molecule has 0 atom stereocenters. The van der Waals surface area contributed by atoms with Crippen molar-refractivity contribution in [3.05, 3.63) is 29.8 Å². The summed E-state index contributed by atoms with van der Waals surface area (Å²) < 4.78 is 16.5. The average Bonchev–Trinajstić information content (AvgIpc) is 2.46. The zero-order chi connectivity index (χ0) is 14.6. The minimum absolute atomic E-state index is 0.474. The predicted molar refractivity (Wildman–Crippen MR) is 81.3 cm³/mol. The fraction of sp³-hybridized carbons (Fsp3) is 0.625. The highest BCUT2D eigenvalue weighted by Crippen LogP contribution is 2.25. The van der Waals surface area contributed by atoms with Crippen molar-refractivity contribution in [2.45, 2.75) is 26.2 Å². The van der Waals surface area contributed by atoms with Crippen LogP contribution < -0.4 is 10.5 Å². The summed E-state index contributed by atoms with van der Waals surface area (Å²) in [6, 6.07) is 8.20. The number of nitrogens with two attached hydrogens (primary N) is 1. The van der Waals surface area contributed by atoms with Crippen molar-refractivity contribution >= 4 is 0 Å². The first kappa shape index (κ1) is 17.0. The minimum Gasteiger partial charge on any atom is -0.493 e. The summed E-state index contributed by atoms with van der Waals surface area (Å²) in [6.45, 7) is 8.08. The molecule has 0 heterocycles. The third-order valence-corrected chi connectivity index (χ3v) is 2.87. The van der Waals surface area contributed by atoms with Gasteiger partial charge in [-0.25, -0.2) is 0 Å². The van der Waals surface area contributed by atoms with Gasteiger partial charge in [0.2, 0.25) is 0 Å². The van der Waals surface area contributed by atoms with E-state index in [0.717, 1.165) is 12.2 Å². The van der Waals surface area contributed by atoms with Gasteiger partial charge in [0.1, 0.15) is 5.75 Å². The Bertz CT molecular complexity index is 355. The van der Waals surface area contributed by atoms with Crippen LogP contribution in [0.3, 0.4) is 0 Å². The summed E-state index contributed by atoms with van der Waals surface area (Å²) in [6.07, 6.45) is 0.878. The fourth-order valence-corrected chi connectivity index (χ4v) is 1.84. The highest BCUT2D eigenvalue weighted by molar-refractivity contribution is 5.35. The summed E-state index contributed by atoms with van der Waals surface area (Å²) in [5.74, 6) is 1.45. The quantitative estimate of drug-likeness (QED) is 0.633. The van der Waals surface area contributed by atoms with Crippen LogP contribution in [0.2, 0.25) is 0 Å². The molecule has 0 unspecified atom stereocenters. The highest BCUT2D eigenvalue weighted by Gasteiger charge is 2.06. The van der Waals surface area contributed by atoms with Crippen molar-refractivity contribution in [3.8, 4) is 5.75 Å². The number of hydrogen-bond donors (Lipinski definition) is 1. The molecule has 0 spiro atoms. The molecule has 0 aliphatic carbocycles. The smallest absolute Gasteiger partial charge is 0.122 e. The van der Waals surface area contributed by atoms with Crippen molar-refractivity contribution in [3.63, 3.8) is 0 Å². The zero-order valence-corrected chi connectivity index (χ0v) is 12.6. The molecule has 4 nitrogen and oxygen atoms in total. The SMILES string of the molecule is CC(C)c1ccccc1OCCCOCCOCCN. The number of para-hydroxylation sites is 1. The van der Waals surface area contributed by atoms with Crippen LogP contribution in [0.25, 0.3) is 0 Å². The molecule has 0 radical (unpaired) electrons. The van der Waals surface area contributed by atoms with Gasteiger partial charge in [0.25, 0.3) is 0 Å². The molecular weight excluding hydrogens is 254 g/mol. The lowest BCUT2D eigenvalue weighted by molar-refractivity contribution is 0.0463. The average molecular weight is 281 g/mol. The first-order chi connectivity index (χ1) is 9.75. The molecule has 0 aliphatic rings. The van der Waals surface area contributed by atoms with E-state index in [0.29, 0.717) is 45.5 Å². The van der Waals surface area contributed by atoms with Gasteiger partial charge < -0.3 is 19.9 Å². The van der Waals surface area contributed by atoms with Crippen LogP contribution in [-0.4, -0.2) is 39.6 Å². The van der Waals surface area contributed by atoms with Crippen LogP contribution in [0, 0.1) is 0 Å². The van der Waals surface area contributed by atoms with Gasteiger partial charge in [-0.1, -0.05) is 32.0 Å². The molecule has 1 rings (SSSR count). The third kappa shape index (κ3) is 6.89. The number of benzene rings is 1. The van der Waals surface area contributed by atoms with Crippen molar-refractivity contribution in [1.29, 1.82) is 0 Å². The van der Waals surface area contributed by atoms with Crippen molar-refractivity contribution in [2.75, 3.05) is 39.6 Å². The lowest BCUT2D eigenvalue weighted by atomic mass is 10.0. The van der Waals surface area contributed by atoms with Crippen LogP contribution in [0.15, 0.2) is 24.3 Å². The fourth-order valence-electron chi connectivity index (χ4n) is 1.84. The summed E-state index contributed by atoms with van der Waals surface area (Å²) in [5.41, 5.74) is 6.57. The molecule has 1 aromatic carbocycles. The van der Waals surface area contributed by atoms with E-state index in [1.54, 1.807) is 0 Å². The summed E-state index contributed by atoms with van der Waals surface area (Å²) in [4.78, 5) is 0.